The zero-order chi connectivity index (χ0) is 14.0. The third-order valence-corrected chi connectivity index (χ3v) is 4.48. The van der Waals surface area contributed by atoms with Gasteiger partial charge >= 0.3 is 0 Å². The Morgan fingerprint density at radius 1 is 1.21 bits per heavy atom. The van der Waals surface area contributed by atoms with Gasteiger partial charge in [0.25, 0.3) is 0 Å². The van der Waals surface area contributed by atoms with Crippen molar-refractivity contribution < 1.29 is 9.84 Å². The van der Waals surface area contributed by atoms with Crippen molar-refractivity contribution >= 4 is 0 Å². The van der Waals surface area contributed by atoms with E-state index in [1.54, 1.807) is 0 Å². The molecule has 19 heavy (non-hydrogen) atoms. The summed E-state index contributed by atoms with van der Waals surface area (Å²) in [6.07, 6.45) is 12.5. The lowest BCUT2D eigenvalue weighted by Crippen LogP contribution is -2.51. The molecule has 0 aromatic carbocycles. The van der Waals surface area contributed by atoms with Crippen LogP contribution in [-0.4, -0.2) is 37.0 Å². The molecule has 0 aromatic rings. The van der Waals surface area contributed by atoms with Crippen LogP contribution in [0, 0.1) is 0 Å². The highest BCUT2D eigenvalue weighted by molar-refractivity contribution is 4.92. The maximum absolute atomic E-state index is 9.53. The van der Waals surface area contributed by atoms with Gasteiger partial charge in [0.2, 0.25) is 0 Å². The fraction of sp³-hybridized carbons (Fsp3) is 1.00. The van der Waals surface area contributed by atoms with Crippen LogP contribution in [0.5, 0.6) is 0 Å². The van der Waals surface area contributed by atoms with E-state index in [0.717, 1.165) is 32.3 Å². The number of aliphatic hydroxyl groups excluding tert-OH is 1. The summed E-state index contributed by atoms with van der Waals surface area (Å²) >= 11 is 0. The number of nitrogens with one attached hydrogen (secondary N) is 1. The quantitative estimate of drug-likeness (QED) is 0.599. The number of likely N-dealkylation sites (N-methyl/N-ethyl adjacent to an activating group) is 1. The van der Waals surface area contributed by atoms with Gasteiger partial charge in [-0.2, -0.15) is 0 Å². The van der Waals surface area contributed by atoms with Crippen molar-refractivity contribution in [2.75, 3.05) is 20.3 Å². The number of rotatable bonds is 10. The number of unbranched alkanes of at least 4 members (excludes halogenated alkanes) is 5. The van der Waals surface area contributed by atoms with Crippen molar-refractivity contribution in [1.29, 1.82) is 0 Å². The fourth-order valence-corrected chi connectivity index (χ4v) is 3.03. The van der Waals surface area contributed by atoms with E-state index in [2.05, 4.69) is 12.2 Å². The van der Waals surface area contributed by atoms with Gasteiger partial charge in [0.15, 0.2) is 0 Å². The number of aliphatic hydroxyl groups is 1. The van der Waals surface area contributed by atoms with Crippen molar-refractivity contribution in [3.8, 4) is 0 Å². The molecule has 0 radical (unpaired) electrons. The van der Waals surface area contributed by atoms with E-state index in [0.29, 0.717) is 6.10 Å². The molecule has 0 spiro atoms. The SMILES string of the molecule is CCCCCCCCOC1CCCC(CO)(NC)C1. The molecule has 1 saturated carbocycles. The van der Waals surface area contributed by atoms with Gasteiger partial charge in [-0.15, -0.1) is 0 Å². The highest BCUT2D eigenvalue weighted by Crippen LogP contribution is 2.29. The maximum Gasteiger partial charge on any atom is 0.0614 e. The Bertz CT molecular complexity index is 217. The number of hydrogen-bond acceptors (Lipinski definition) is 3. The normalized spacial score (nSPS) is 27.6. The molecule has 2 atom stereocenters. The van der Waals surface area contributed by atoms with Gasteiger partial charge in [-0.25, -0.2) is 0 Å². The molecule has 1 fully saturated rings. The standard InChI is InChI=1S/C16H33NO2/c1-3-4-5-6-7-8-12-19-15-10-9-11-16(13-15,14-18)17-2/h15,17-18H,3-14H2,1-2H3. The van der Waals surface area contributed by atoms with Gasteiger partial charge in [0.05, 0.1) is 12.7 Å². The van der Waals surface area contributed by atoms with Crippen LogP contribution in [0.1, 0.15) is 71.1 Å². The van der Waals surface area contributed by atoms with E-state index in [4.69, 9.17) is 4.74 Å². The van der Waals surface area contributed by atoms with E-state index in [9.17, 15) is 5.11 Å². The van der Waals surface area contributed by atoms with Crippen molar-refractivity contribution in [1.82, 2.24) is 5.32 Å². The van der Waals surface area contributed by atoms with Crippen molar-refractivity contribution in [3.63, 3.8) is 0 Å². The molecular formula is C16H33NO2. The minimum absolute atomic E-state index is 0.0932. The Hall–Kier alpha value is -0.120. The number of hydrogen-bond donors (Lipinski definition) is 2. The van der Waals surface area contributed by atoms with Gasteiger partial charge < -0.3 is 15.2 Å². The first-order valence-electron chi connectivity index (χ1n) is 8.17. The smallest absolute Gasteiger partial charge is 0.0614 e. The van der Waals surface area contributed by atoms with Crippen LogP contribution in [0.2, 0.25) is 0 Å². The Morgan fingerprint density at radius 3 is 2.63 bits per heavy atom. The Balaban J connectivity index is 2.09. The van der Waals surface area contributed by atoms with Crippen LogP contribution in [-0.2, 0) is 4.74 Å². The fourth-order valence-electron chi connectivity index (χ4n) is 3.03. The maximum atomic E-state index is 9.53. The Labute approximate surface area is 119 Å². The number of ether oxygens (including phenoxy) is 1. The molecule has 1 aliphatic carbocycles. The highest BCUT2D eigenvalue weighted by Gasteiger charge is 2.34. The van der Waals surface area contributed by atoms with E-state index >= 15 is 0 Å². The molecule has 0 amide bonds. The molecule has 2 unspecified atom stereocenters. The molecule has 2 N–H and O–H groups in total. The Kier molecular flexibility index (Phi) is 8.67. The zero-order valence-corrected chi connectivity index (χ0v) is 12.9. The molecule has 3 heteroatoms. The average Bonchev–Trinajstić information content (AvgIpc) is 2.46. The molecule has 0 saturated heterocycles. The van der Waals surface area contributed by atoms with Gasteiger partial charge in [0.1, 0.15) is 0 Å². The summed E-state index contributed by atoms with van der Waals surface area (Å²) in [7, 11) is 1.95. The topological polar surface area (TPSA) is 41.5 Å². The summed E-state index contributed by atoms with van der Waals surface area (Å²) in [6, 6.07) is 0. The third kappa shape index (κ3) is 6.24. The predicted molar refractivity (Wildman–Crippen MR) is 80.5 cm³/mol. The first-order valence-corrected chi connectivity index (χ1v) is 8.17. The lowest BCUT2D eigenvalue weighted by Gasteiger charge is -2.39. The summed E-state index contributed by atoms with van der Waals surface area (Å²) in [4.78, 5) is 0. The van der Waals surface area contributed by atoms with Crippen LogP contribution in [0.15, 0.2) is 0 Å². The van der Waals surface area contributed by atoms with Crippen LogP contribution >= 0.6 is 0 Å². The molecule has 1 rings (SSSR count). The molecule has 0 aromatic heterocycles. The largest absolute Gasteiger partial charge is 0.394 e. The van der Waals surface area contributed by atoms with E-state index in [-0.39, 0.29) is 12.1 Å². The van der Waals surface area contributed by atoms with Crippen LogP contribution < -0.4 is 5.32 Å². The molecule has 0 aliphatic heterocycles. The molecule has 3 nitrogen and oxygen atoms in total. The molecule has 1 aliphatic rings. The van der Waals surface area contributed by atoms with Crippen LogP contribution in [0.25, 0.3) is 0 Å². The third-order valence-electron chi connectivity index (χ3n) is 4.48. The summed E-state index contributed by atoms with van der Waals surface area (Å²) < 4.78 is 6.00. The van der Waals surface area contributed by atoms with Gasteiger partial charge in [-0.3, -0.25) is 0 Å². The van der Waals surface area contributed by atoms with Crippen molar-refractivity contribution in [2.24, 2.45) is 0 Å². The molecule has 0 bridgehead atoms. The second kappa shape index (κ2) is 9.73. The van der Waals surface area contributed by atoms with Crippen LogP contribution in [0.3, 0.4) is 0 Å². The summed E-state index contributed by atoms with van der Waals surface area (Å²) in [5.41, 5.74) is -0.0932. The lowest BCUT2D eigenvalue weighted by molar-refractivity contribution is -0.0150. The van der Waals surface area contributed by atoms with E-state index in [1.165, 1.54) is 38.5 Å². The van der Waals surface area contributed by atoms with Gasteiger partial charge in [-0.05, 0) is 39.2 Å². The second-order valence-electron chi connectivity index (χ2n) is 6.05. The average molecular weight is 271 g/mol. The summed E-state index contributed by atoms with van der Waals surface area (Å²) in [5.74, 6) is 0. The first kappa shape index (κ1) is 16.9. The molecular weight excluding hydrogens is 238 g/mol. The minimum Gasteiger partial charge on any atom is -0.394 e. The lowest BCUT2D eigenvalue weighted by atomic mass is 9.81. The molecule has 114 valence electrons. The van der Waals surface area contributed by atoms with Gasteiger partial charge in [-0.1, -0.05) is 39.0 Å². The summed E-state index contributed by atoms with van der Waals surface area (Å²) in [6.45, 7) is 3.36. The van der Waals surface area contributed by atoms with Gasteiger partial charge in [0, 0.05) is 12.1 Å². The second-order valence-corrected chi connectivity index (χ2v) is 6.05. The minimum atomic E-state index is -0.0932. The summed E-state index contributed by atoms with van der Waals surface area (Å²) in [5, 5.41) is 12.8. The Morgan fingerprint density at radius 2 is 1.95 bits per heavy atom. The van der Waals surface area contributed by atoms with E-state index in [1.807, 2.05) is 7.05 Å². The van der Waals surface area contributed by atoms with Crippen LogP contribution in [0.4, 0.5) is 0 Å². The zero-order valence-electron chi connectivity index (χ0n) is 12.9. The molecule has 0 heterocycles. The van der Waals surface area contributed by atoms with Crippen molar-refractivity contribution in [2.45, 2.75) is 82.8 Å². The monoisotopic (exact) mass is 271 g/mol. The first-order chi connectivity index (χ1) is 9.26. The van der Waals surface area contributed by atoms with E-state index < -0.39 is 0 Å². The van der Waals surface area contributed by atoms with Crippen molar-refractivity contribution in [3.05, 3.63) is 0 Å². The predicted octanol–water partition coefficient (Wildman–Crippen LogP) is 3.26. The highest BCUT2D eigenvalue weighted by atomic mass is 16.5.